The molecule has 0 unspecified atom stereocenters. The van der Waals surface area contributed by atoms with Crippen LogP contribution in [0.25, 0.3) is 0 Å². The lowest BCUT2D eigenvalue weighted by Gasteiger charge is -2.33. The fraction of sp³-hybridized carbons (Fsp3) is 0.323. The number of carbonyl (C=O) groups excluding carboxylic acids is 3. The molecule has 3 aromatic rings. The molecular formula is C31H34FN3O4. The molecule has 39 heavy (non-hydrogen) atoms. The zero-order chi connectivity index (χ0) is 27.8. The maximum absolute atomic E-state index is 13.6. The number of ether oxygens (including phenoxy) is 1. The average Bonchev–Trinajstić information content (AvgIpc) is 2.98. The number of halogens is 1. The van der Waals surface area contributed by atoms with Gasteiger partial charge in [0, 0.05) is 47.9 Å². The number of hydrogen-bond donors (Lipinski definition) is 1. The molecule has 1 saturated heterocycles. The van der Waals surface area contributed by atoms with E-state index >= 15 is 0 Å². The molecule has 7 nitrogen and oxygen atoms in total. The van der Waals surface area contributed by atoms with E-state index in [4.69, 9.17) is 4.74 Å². The molecule has 0 spiro atoms. The van der Waals surface area contributed by atoms with Crippen molar-refractivity contribution in [1.29, 1.82) is 0 Å². The fourth-order valence-electron chi connectivity index (χ4n) is 4.72. The van der Waals surface area contributed by atoms with Gasteiger partial charge in [-0.05, 0) is 98.7 Å². The third kappa shape index (κ3) is 7.29. The van der Waals surface area contributed by atoms with Crippen LogP contribution in [0.3, 0.4) is 0 Å². The molecule has 1 fully saturated rings. The second-order valence-electron chi connectivity index (χ2n) is 9.62. The quantitative estimate of drug-likeness (QED) is 0.353. The van der Waals surface area contributed by atoms with Crippen LogP contribution in [0.4, 0.5) is 15.8 Å². The number of carbonyl (C=O) groups is 3. The van der Waals surface area contributed by atoms with Crippen LogP contribution in [-0.4, -0.2) is 55.8 Å². The van der Waals surface area contributed by atoms with Gasteiger partial charge in [0.05, 0.1) is 7.11 Å². The predicted molar refractivity (Wildman–Crippen MR) is 150 cm³/mol. The fourth-order valence-corrected chi connectivity index (χ4v) is 4.72. The zero-order valence-corrected chi connectivity index (χ0v) is 22.4. The molecule has 0 saturated carbocycles. The summed E-state index contributed by atoms with van der Waals surface area (Å²) >= 11 is 0. The first kappa shape index (κ1) is 28.0. The third-order valence-corrected chi connectivity index (χ3v) is 7.09. The molecular weight excluding hydrogens is 497 g/mol. The number of nitrogens with one attached hydrogen (secondary N) is 1. The lowest BCUT2D eigenvalue weighted by atomic mass is 9.89. The SMILES string of the molecule is CCC(=O)Nc1ccc(C(=O)N(CCN2CCC(C(=O)c3ccc(F)cc3)CC2)c2ccc(OC)cc2)cc1. The second kappa shape index (κ2) is 13.2. The first-order chi connectivity index (χ1) is 18.9. The van der Waals surface area contributed by atoms with Gasteiger partial charge in [-0.3, -0.25) is 14.4 Å². The third-order valence-electron chi connectivity index (χ3n) is 7.09. The molecule has 1 aliphatic heterocycles. The number of rotatable bonds is 10. The van der Waals surface area contributed by atoms with Gasteiger partial charge in [0.15, 0.2) is 5.78 Å². The van der Waals surface area contributed by atoms with Gasteiger partial charge in [-0.25, -0.2) is 4.39 Å². The number of amides is 2. The summed E-state index contributed by atoms with van der Waals surface area (Å²) in [5.41, 5.74) is 2.47. The number of anilines is 2. The summed E-state index contributed by atoms with van der Waals surface area (Å²) in [5.74, 6) is 0.0968. The summed E-state index contributed by atoms with van der Waals surface area (Å²) in [5, 5.41) is 2.80. The molecule has 4 rings (SSSR count). The van der Waals surface area contributed by atoms with Crippen LogP contribution in [0.2, 0.25) is 0 Å². The first-order valence-corrected chi connectivity index (χ1v) is 13.3. The highest BCUT2D eigenvalue weighted by atomic mass is 19.1. The van der Waals surface area contributed by atoms with Crippen LogP contribution >= 0.6 is 0 Å². The van der Waals surface area contributed by atoms with E-state index in [-0.39, 0.29) is 29.3 Å². The Hall–Kier alpha value is -4.04. The van der Waals surface area contributed by atoms with E-state index in [0.29, 0.717) is 42.1 Å². The molecule has 3 aromatic carbocycles. The number of nitrogens with zero attached hydrogens (tertiary/aromatic N) is 2. The Labute approximate surface area is 228 Å². The maximum Gasteiger partial charge on any atom is 0.258 e. The van der Waals surface area contributed by atoms with Crippen LogP contribution in [-0.2, 0) is 4.79 Å². The second-order valence-corrected chi connectivity index (χ2v) is 9.62. The molecule has 0 bridgehead atoms. The van der Waals surface area contributed by atoms with Crippen LogP contribution in [0.15, 0.2) is 72.8 Å². The topological polar surface area (TPSA) is 79.0 Å². The lowest BCUT2D eigenvalue weighted by molar-refractivity contribution is -0.115. The summed E-state index contributed by atoms with van der Waals surface area (Å²) < 4.78 is 18.5. The number of ketones is 1. The summed E-state index contributed by atoms with van der Waals surface area (Å²) in [6, 6.07) is 20.0. The Morgan fingerprint density at radius 2 is 1.54 bits per heavy atom. The minimum absolute atomic E-state index is 0.0586. The van der Waals surface area contributed by atoms with Gasteiger partial charge in [-0.15, -0.1) is 0 Å². The molecule has 204 valence electrons. The van der Waals surface area contributed by atoms with E-state index < -0.39 is 0 Å². The van der Waals surface area contributed by atoms with Crippen molar-refractivity contribution in [3.8, 4) is 5.75 Å². The number of likely N-dealkylation sites (tertiary alicyclic amines) is 1. The van der Waals surface area contributed by atoms with Crippen molar-refractivity contribution in [2.24, 2.45) is 5.92 Å². The Balaban J connectivity index is 1.41. The highest BCUT2D eigenvalue weighted by Gasteiger charge is 2.27. The highest BCUT2D eigenvalue weighted by molar-refractivity contribution is 6.06. The van der Waals surface area contributed by atoms with Crippen molar-refractivity contribution in [1.82, 2.24) is 4.90 Å². The summed E-state index contributed by atoms with van der Waals surface area (Å²) in [4.78, 5) is 42.1. The molecule has 0 radical (unpaired) electrons. The van der Waals surface area contributed by atoms with Crippen molar-refractivity contribution < 1.29 is 23.5 Å². The highest BCUT2D eigenvalue weighted by Crippen LogP contribution is 2.24. The normalized spacial score (nSPS) is 14.0. The van der Waals surface area contributed by atoms with E-state index in [2.05, 4.69) is 10.2 Å². The maximum atomic E-state index is 13.6. The van der Waals surface area contributed by atoms with Crippen LogP contribution in [0.5, 0.6) is 5.75 Å². The molecule has 0 aromatic heterocycles. The van der Waals surface area contributed by atoms with Gasteiger partial charge in [-0.1, -0.05) is 6.92 Å². The van der Waals surface area contributed by atoms with E-state index in [1.807, 2.05) is 24.3 Å². The number of Topliss-reactive ketones (excluding diaryl/α,β-unsaturated/α-hetero) is 1. The standard InChI is InChI=1S/C31H34FN3O4/c1-3-29(36)33-26-10-6-24(7-11-26)31(38)35(27-12-14-28(39-2)15-13-27)21-20-34-18-16-23(17-19-34)30(37)22-4-8-25(32)9-5-22/h4-15,23H,3,16-21H2,1-2H3,(H,33,36). The van der Waals surface area contributed by atoms with Crippen molar-refractivity contribution in [3.63, 3.8) is 0 Å². The Morgan fingerprint density at radius 3 is 2.13 bits per heavy atom. The van der Waals surface area contributed by atoms with Gasteiger partial charge in [0.25, 0.3) is 5.91 Å². The number of methoxy groups -OCH3 is 1. The van der Waals surface area contributed by atoms with Crippen molar-refractivity contribution >= 4 is 29.0 Å². The number of hydrogen-bond acceptors (Lipinski definition) is 5. The van der Waals surface area contributed by atoms with E-state index in [0.717, 1.165) is 31.6 Å². The van der Waals surface area contributed by atoms with Crippen LogP contribution in [0.1, 0.15) is 46.9 Å². The largest absolute Gasteiger partial charge is 0.497 e. The number of benzene rings is 3. The van der Waals surface area contributed by atoms with Gasteiger partial charge in [-0.2, -0.15) is 0 Å². The molecule has 0 aliphatic carbocycles. The van der Waals surface area contributed by atoms with Crippen molar-refractivity contribution in [3.05, 3.63) is 89.7 Å². The molecule has 2 amide bonds. The molecule has 0 atom stereocenters. The molecule has 1 N–H and O–H groups in total. The molecule has 1 aliphatic rings. The summed E-state index contributed by atoms with van der Waals surface area (Å²) in [6.45, 7) is 4.39. The van der Waals surface area contributed by atoms with Crippen LogP contribution in [0, 0.1) is 11.7 Å². The predicted octanol–water partition coefficient (Wildman–Crippen LogP) is 5.42. The van der Waals surface area contributed by atoms with E-state index in [9.17, 15) is 18.8 Å². The Kier molecular flexibility index (Phi) is 9.44. The van der Waals surface area contributed by atoms with Crippen molar-refractivity contribution in [2.45, 2.75) is 26.2 Å². The van der Waals surface area contributed by atoms with Crippen molar-refractivity contribution in [2.75, 3.05) is 43.5 Å². The summed E-state index contributed by atoms with van der Waals surface area (Å²) in [7, 11) is 1.60. The monoisotopic (exact) mass is 531 g/mol. The lowest BCUT2D eigenvalue weighted by Crippen LogP contribution is -2.42. The first-order valence-electron chi connectivity index (χ1n) is 13.3. The minimum Gasteiger partial charge on any atom is -0.497 e. The summed E-state index contributed by atoms with van der Waals surface area (Å²) in [6.07, 6.45) is 1.82. The molecule has 1 heterocycles. The van der Waals surface area contributed by atoms with Gasteiger partial charge in [0.1, 0.15) is 11.6 Å². The van der Waals surface area contributed by atoms with E-state index in [1.54, 1.807) is 55.3 Å². The Bertz CT molecular complexity index is 1270. The number of piperidine rings is 1. The van der Waals surface area contributed by atoms with Gasteiger partial charge in [0.2, 0.25) is 5.91 Å². The van der Waals surface area contributed by atoms with E-state index in [1.165, 1.54) is 12.1 Å². The zero-order valence-electron chi connectivity index (χ0n) is 22.4. The average molecular weight is 532 g/mol. The smallest absolute Gasteiger partial charge is 0.258 e. The minimum atomic E-state index is -0.350. The van der Waals surface area contributed by atoms with Gasteiger partial charge >= 0.3 is 0 Å². The van der Waals surface area contributed by atoms with Gasteiger partial charge < -0.3 is 19.9 Å². The Morgan fingerprint density at radius 1 is 0.923 bits per heavy atom. The van der Waals surface area contributed by atoms with Crippen LogP contribution < -0.4 is 15.0 Å². The molecule has 8 heteroatoms.